The van der Waals surface area contributed by atoms with Crippen LogP contribution in [0.2, 0.25) is 0 Å². The summed E-state index contributed by atoms with van der Waals surface area (Å²) in [7, 11) is 0. The van der Waals surface area contributed by atoms with Crippen molar-refractivity contribution in [2.45, 2.75) is 32.7 Å². The zero-order valence-corrected chi connectivity index (χ0v) is 13.7. The molecule has 2 rings (SSSR count). The van der Waals surface area contributed by atoms with Crippen molar-refractivity contribution in [3.05, 3.63) is 40.5 Å². The Kier molecular flexibility index (Phi) is 5.14. The molecule has 1 atom stereocenters. The zero-order chi connectivity index (χ0) is 15.4. The maximum absolute atomic E-state index is 12.0. The Bertz CT molecular complexity index is 636. The van der Waals surface area contributed by atoms with Crippen LogP contribution >= 0.6 is 15.9 Å². The lowest BCUT2D eigenvalue weighted by Gasteiger charge is -2.10. The standard InChI is InChI=1S/C15H19BrN4O/c1-10(17)6-7-15(21)18-14-8-11(2)19-20(14)13-5-3-4-12(16)9-13/h3-5,8-10H,6-7,17H2,1-2H3,(H,18,21). The van der Waals surface area contributed by atoms with Gasteiger partial charge in [-0.25, -0.2) is 4.68 Å². The lowest BCUT2D eigenvalue weighted by molar-refractivity contribution is -0.116. The van der Waals surface area contributed by atoms with Crippen LogP contribution in [0.5, 0.6) is 0 Å². The number of carbonyl (C=O) groups excluding carboxylic acids is 1. The summed E-state index contributed by atoms with van der Waals surface area (Å²) in [6.45, 7) is 3.79. The van der Waals surface area contributed by atoms with Crippen LogP contribution in [0.3, 0.4) is 0 Å². The molecule has 0 aliphatic carbocycles. The van der Waals surface area contributed by atoms with Crippen LogP contribution in [0.25, 0.3) is 5.69 Å². The molecule has 112 valence electrons. The highest BCUT2D eigenvalue weighted by Gasteiger charge is 2.11. The van der Waals surface area contributed by atoms with Gasteiger partial charge in [-0.1, -0.05) is 22.0 Å². The van der Waals surface area contributed by atoms with Crippen molar-refractivity contribution in [3.63, 3.8) is 0 Å². The SMILES string of the molecule is Cc1cc(NC(=O)CCC(C)N)n(-c2cccc(Br)c2)n1. The molecule has 21 heavy (non-hydrogen) atoms. The van der Waals surface area contributed by atoms with E-state index in [0.29, 0.717) is 18.7 Å². The Morgan fingerprint density at radius 1 is 1.48 bits per heavy atom. The first-order chi connectivity index (χ1) is 9.95. The smallest absolute Gasteiger partial charge is 0.225 e. The molecule has 1 aromatic carbocycles. The molecule has 1 aromatic heterocycles. The third-order valence-electron chi connectivity index (χ3n) is 2.98. The van der Waals surface area contributed by atoms with E-state index < -0.39 is 0 Å². The van der Waals surface area contributed by atoms with Crippen LogP contribution in [-0.4, -0.2) is 21.7 Å². The summed E-state index contributed by atoms with van der Waals surface area (Å²) >= 11 is 3.44. The van der Waals surface area contributed by atoms with E-state index in [2.05, 4.69) is 26.3 Å². The van der Waals surface area contributed by atoms with Gasteiger partial charge in [0.25, 0.3) is 0 Å². The van der Waals surface area contributed by atoms with E-state index in [1.165, 1.54) is 0 Å². The van der Waals surface area contributed by atoms with Crippen molar-refractivity contribution in [2.24, 2.45) is 5.73 Å². The van der Waals surface area contributed by atoms with E-state index in [1.807, 2.05) is 44.2 Å². The van der Waals surface area contributed by atoms with Crippen molar-refractivity contribution in [2.75, 3.05) is 5.32 Å². The second-order valence-corrected chi connectivity index (χ2v) is 6.04. The minimum atomic E-state index is -0.0524. The van der Waals surface area contributed by atoms with Gasteiger partial charge in [-0.2, -0.15) is 5.10 Å². The van der Waals surface area contributed by atoms with Crippen molar-refractivity contribution in [1.82, 2.24) is 9.78 Å². The van der Waals surface area contributed by atoms with Gasteiger partial charge in [0.15, 0.2) is 0 Å². The van der Waals surface area contributed by atoms with Crippen molar-refractivity contribution >= 4 is 27.7 Å². The third kappa shape index (κ3) is 4.41. The lowest BCUT2D eigenvalue weighted by Crippen LogP contribution is -2.20. The second kappa shape index (κ2) is 6.87. The summed E-state index contributed by atoms with van der Waals surface area (Å²) in [5.74, 6) is 0.615. The maximum Gasteiger partial charge on any atom is 0.225 e. The lowest BCUT2D eigenvalue weighted by atomic mass is 10.2. The van der Waals surface area contributed by atoms with E-state index in [-0.39, 0.29) is 11.9 Å². The minimum absolute atomic E-state index is 0.0208. The fourth-order valence-electron chi connectivity index (χ4n) is 1.96. The molecule has 0 aliphatic rings. The third-order valence-corrected chi connectivity index (χ3v) is 3.47. The van der Waals surface area contributed by atoms with E-state index in [1.54, 1.807) is 4.68 Å². The Hall–Kier alpha value is -1.66. The molecule has 1 unspecified atom stereocenters. The van der Waals surface area contributed by atoms with Crippen LogP contribution in [0.4, 0.5) is 5.82 Å². The van der Waals surface area contributed by atoms with Gasteiger partial charge in [0, 0.05) is 23.0 Å². The van der Waals surface area contributed by atoms with Crippen LogP contribution < -0.4 is 11.1 Å². The number of anilines is 1. The van der Waals surface area contributed by atoms with Crippen molar-refractivity contribution in [3.8, 4) is 5.69 Å². The largest absolute Gasteiger partial charge is 0.328 e. The number of hydrogen-bond acceptors (Lipinski definition) is 3. The number of rotatable bonds is 5. The van der Waals surface area contributed by atoms with Gasteiger partial charge >= 0.3 is 0 Å². The highest BCUT2D eigenvalue weighted by Crippen LogP contribution is 2.20. The van der Waals surface area contributed by atoms with Gasteiger partial charge in [0.1, 0.15) is 5.82 Å². The fraction of sp³-hybridized carbons (Fsp3) is 0.333. The van der Waals surface area contributed by atoms with E-state index in [0.717, 1.165) is 15.9 Å². The fourth-order valence-corrected chi connectivity index (χ4v) is 2.34. The number of carbonyl (C=O) groups is 1. The Morgan fingerprint density at radius 2 is 2.24 bits per heavy atom. The number of nitrogens with zero attached hydrogens (tertiary/aromatic N) is 2. The minimum Gasteiger partial charge on any atom is -0.328 e. The predicted molar refractivity (Wildman–Crippen MR) is 87.5 cm³/mol. The van der Waals surface area contributed by atoms with Gasteiger partial charge in [-0.15, -0.1) is 0 Å². The zero-order valence-electron chi connectivity index (χ0n) is 12.1. The van der Waals surface area contributed by atoms with Crippen molar-refractivity contribution < 1.29 is 4.79 Å². The van der Waals surface area contributed by atoms with Crippen molar-refractivity contribution in [1.29, 1.82) is 0 Å². The number of nitrogens with two attached hydrogens (primary N) is 1. The number of benzene rings is 1. The van der Waals surface area contributed by atoms with E-state index in [4.69, 9.17) is 5.73 Å². The first kappa shape index (κ1) is 15.7. The molecule has 0 spiro atoms. The molecule has 0 radical (unpaired) electrons. The topological polar surface area (TPSA) is 72.9 Å². The van der Waals surface area contributed by atoms with Gasteiger partial charge in [0.05, 0.1) is 11.4 Å². The Labute approximate surface area is 132 Å². The monoisotopic (exact) mass is 350 g/mol. The molecule has 6 heteroatoms. The van der Waals surface area contributed by atoms with Gasteiger partial charge in [0.2, 0.25) is 5.91 Å². The number of amides is 1. The molecule has 3 N–H and O–H groups in total. The Morgan fingerprint density at radius 3 is 2.90 bits per heavy atom. The molecular weight excluding hydrogens is 332 g/mol. The van der Waals surface area contributed by atoms with Gasteiger partial charge < -0.3 is 11.1 Å². The summed E-state index contributed by atoms with van der Waals surface area (Å²) in [5.41, 5.74) is 7.41. The molecule has 1 heterocycles. The van der Waals surface area contributed by atoms with Crippen LogP contribution in [0.1, 0.15) is 25.5 Å². The van der Waals surface area contributed by atoms with Gasteiger partial charge in [-0.05, 0) is 38.5 Å². The highest BCUT2D eigenvalue weighted by atomic mass is 79.9. The number of aromatic nitrogens is 2. The summed E-state index contributed by atoms with van der Waals surface area (Å²) in [6, 6.07) is 9.63. The molecule has 0 saturated carbocycles. The molecule has 0 bridgehead atoms. The van der Waals surface area contributed by atoms with Crippen LogP contribution in [-0.2, 0) is 4.79 Å². The van der Waals surface area contributed by atoms with Crippen LogP contribution in [0, 0.1) is 6.92 Å². The molecule has 0 saturated heterocycles. The summed E-state index contributed by atoms with van der Waals surface area (Å²) in [4.78, 5) is 12.0. The molecule has 0 fully saturated rings. The average molecular weight is 351 g/mol. The quantitative estimate of drug-likeness (QED) is 0.870. The van der Waals surface area contributed by atoms with Crippen LogP contribution in [0.15, 0.2) is 34.8 Å². The first-order valence-electron chi connectivity index (χ1n) is 6.84. The number of aryl methyl sites for hydroxylation is 1. The number of hydrogen-bond donors (Lipinski definition) is 2. The predicted octanol–water partition coefficient (Wildman–Crippen LogP) is 3.01. The molecule has 0 aliphatic heterocycles. The second-order valence-electron chi connectivity index (χ2n) is 5.13. The van der Waals surface area contributed by atoms with E-state index in [9.17, 15) is 4.79 Å². The maximum atomic E-state index is 12.0. The summed E-state index contributed by atoms with van der Waals surface area (Å²) in [5, 5.41) is 7.32. The molecule has 5 nitrogen and oxygen atoms in total. The molecule has 2 aromatic rings. The first-order valence-corrected chi connectivity index (χ1v) is 7.63. The summed E-state index contributed by atoms with van der Waals surface area (Å²) in [6.07, 6.45) is 1.07. The average Bonchev–Trinajstić information content (AvgIpc) is 2.77. The highest BCUT2D eigenvalue weighted by molar-refractivity contribution is 9.10. The van der Waals surface area contributed by atoms with Gasteiger partial charge in [-0.3, -0.25) is 4.79 Å². The Balaban J connectivity index is 2.19. The summed E-state index contributed by atoms with van der Waals surface area (Å²) < 4.78 is 2.69. The number of halogens is 1. The number of nitrogens with one attached hydrogen (secondary N) is 1. The molecular formula is C15H19BrN4O. The molecule has 1 amide bonds. The normalized spacial score (nSPS) is 12.2. The van der Waals surface area contributed by atoms with E-state index >= 15 is 0 Å².